The van der Waals surface area contributed by atoms with Crippen LogP contribution in [-0.4, -0.2) is 16.5 Å². The molecule has 6 heteroatoms. The molecule has 1 heterocycles. The van der Waals surface area contributed by atoms with Crippen molar-refractivity contribution in [2.75, 3.05) is 0 Å². The van der Waals surface area contributed by atoms with E-state index in [1.807, 2.05) is 0 Å². The zero-order valence-corrected chi connectivity index (χ0v) is 42.5. The zero-order chi connectivity index (χ0) is 37.5. The van der Waals surface area contributed by atoms with Crippen molar-refractivity contribution < 1.29 is 30.6 Å². The summed E-state index contributed by atoms with van der Waals surface area (Å²) in [5.74, 6) is 2.02. The fourth-order valence-electron chi connectivity index (χ4n) is 7.81. The van der Waals surface area contributed by atoms with Gasteiger partial charge in [0.25, 0.3) is 0 Å². The van der Waals surface area contributed by atoms with Crippen molar-refractivity contribution in [3.05, 3.63) is 129 Å². The van der Waals surface area contributed by atoms with Crippen LogP contribution in [0.5, 0.6) is 11.5 Å². The van der Waals surface area contributed by atoms with E-state index in [0.717, 1.165) is 22.9 Å². The van der Waals surface area contributed by atoms with Crippen molar-refractivity contribution in [2.45, 2.75) is 139 Å². The molecule has 284 valence electrons. The standard InChI is InChI=1S/C45H62N2OSi2.2CH3.Hf/c1-27-19-29(3)39(30(4)20-27)46-49(15,16)37-25-33(43(7,8)9)23-35-41(37)48-42-36(45(35,13)14)24-34(44(10,11)12)26-38(42)50(17,18)47-40-31(5)21-28(2)22-32(40)6;;;/h19-26H,1-18H3;2*1H3;/q-2;2*-1;+4. The van der Waals surface area contributed by atoms with Gasteiger partial charge >= 0.3 is 25.8 Å². The first-order chi connectivity index (χ1) is 22.7. The average molecular weight is 912 g/mol. The van der Waals surface area contributed by atoms with Crippen LogP contribution >= 0.6 is 0 Å². The molecule has 0 radical (unpaired) electrons. The van der Waals surface area contributed by atoms with Crippen molar-refractivity contribution in [1.82, 2.24) is 0 Å². The van der Waals surface area contributed by atoms with Gasteiger partial charge in [0.1, 0.15) is 11.5 Å². The molecule has 4 aromatic carbocycles. The van der Waals surface area contributed by atoms with Crippen LogP contribution in [0.25, 0.3) is 9.96 Å². The number of fused-ring (bicyclic) bond motifs is 2. The molecule has 4 aromatic rings. The molecule has 1 aliphatic heterocycles. The van der Waals surface area contributed by atoms with E-state index in [0.29, 0.717) is 0 Å². The van der Waals surface area contributed by atoms with Gasteiger partial charge in [0, 0.05) is 16.5 Å². The molecule has 0 aromatic heterocycles. The van der Waals surface area contributed by atoms with E-state index >= 15 is 0 Å². The Labute approximate surface area is 346 Å². The summed E-state index contributed by atoms with van der Waals surface area (Å²) >= 11 is 0. The first kappa shape index (κ1) is 46.7. The number of rotatable bonds is 6. The maximum atomic E-state index is 7.47. The average Bonchev–Trinajstić information content (AvgIpc) is 2.95. The fraction of sp³-hybridized carbons (Fsp3) is 0.447. The third-order valence-electron chi connectivity index (χ3n) is 10.8. The molecule has 0 saturated carbocycles. The van der Waals surface area contributed by atoms with Crippen molar-refractivity contribution >= 4 is 38.2 Å². The maximum absolute atomic E-state index is 7.47. The van der Waals surface area contributed by atoms with Crippen LogP contribution in [0.4, 0.5) is 11.4 Å². The maximum Gasteiger partial charge on any atom is 4.00 e. The van der Waals surface area contributed by atoms with Crippen LogP contribution in [0.15, 0.2) is 48.5 Å². The molecule has 0 unspecified atom stereocenters. The van der Waals surface area contributed by atoms with E-state index in [1.165, 1.54) is 66.0 Å². The minimum absolute atomic E-state index is 0. The van der Waals surface area contributed by atoms with Gasteiger partial charge in [0.15, 0.2) is 0 Å². The first-order valence-corrected chi connectivity index (χ1v) is 24.3. The largest absolute Gasteiger partial charge is 4.00 e. The second kappa shape index (κ2) is 15.6. The molecule has 0 aliphatic carbocycles. The van der Waals surface area contributed by atoms with Crippen LogP contribution in [0.1, 0.15) is 111 Å². The second-order valence-corrected chi connectivity index (χ2v) is 26.6. The van der Waals surface area contributed by atoms with Crippen LogP contribution in [0.2, 0.25) is 26.2 Å². The van der Waals surface area contributed by atoms with Gasteiger partial charge in [-0.05, 0) is 90.3 Å². The van der Waals surface area contributed by atoms with E-state index in [-0.39, 0.29) is 56.9 Å². The van der Waals surface area contributed by atoms with E-state index in [1.54, 1.807) is 0 Å². The second-order valence-electron chi connectivity index (χ2n) is 18.9. The van der Waals surface area contributed by atoms with Crippen molar-refractivity contribution in [1.29, 1.82) is 0 Å². The van der Waals surface area contributed by atoms with Crippen LogP contribution in [-0.2, 0) is 42.1 Å². The molecule has 1 aliphatic rings. The SMILES string of the molecule is Cc1cc(C)c([N-][Si](C)(C)c2cc(C(C)(C)C)cc3c2Oc2c(cc(C(C)(C)C)cc2[Si](C)(C)[N-]c2c(C)cc(C)cc2C)C3(C)C)c(C)c1.[CH3-].[CH3-].[Hf+4]. The van der Waals surface area contributed by atoms with E-state index in [9.17, 15) is 0 Å². The summed E-state index contributed by atoms with van der Waals surface area (Å²) < 4.78 is 7.47. The minimum atomic E-state index is -2.47. The van der Waals surface area contributed by atoms with Gasteiger partial charge in [-0.2, -0.15) is 0 Å². The molecular weight excluding hydrogens is 843 g/mol. The molecule has 0 bridgehead atoms. The summed E-state index contributed by atoms with van der Waals surface area (Å²) in [6.45, 7) is 41.4. The van der Waals surface area contributed by atoms with Gasteiger partial charge < -0.3 is 29.6 Å². The predicted octanol–water partition coefficient (Wildman–Crippen LogP) is 13.7. The Balaban J connectivity index is 0.00000324. The summed E-state index contributed by atoms with van der Waals surface area (Å²) in [6, 6.07) is 18.8. The van der Waals surface area contributed by atoms with Gasteiger partial charge in [-0.15, -0.1) is 11.4 Å². The summed E-state index contributed by atoms with van der Waals surface area (Å²) in [5.41, 5.74) is 14.6. The third kappa shape index (κ3) is 9.02. The molecule has 5 rings (SSSR count). The van der Waals surface area contributed by atoms with Gasteiger partial charge in [0.2, 0.25) is 0 Å². The van der Waals surface area contributed by atoms with Crippen LogP contribution in [0, 0.1) is 56.4 Å². The van der Waals surface area contributed by atoms with Crippen LogP contribution in [0.3, 0.4) is 0 Å². The Morgan fingerprint density at radius 1 is 0.509 bits per heavy atom. The van der Waals surface area contributed by atoms with Gasteiger partial charge in [-0.3, -0.25) is 0 Å². The van der Waals surface area contributed by atoms with Crippen LogP contribution < -0.4 is 15.1 Å². The molecule has 0 saturated heterocycles. The van der Waals surface area contributed by atoms with Crippen molar-refractivity contribution in [3.63, 3.8) is 0 Å². The van der Waals surface area contributed by atoms with Gasteiger partial charge in [-0.25, -0.2) is 0 Å². The Morgan fingerprint density at radius 2 is 0.792 bits per heavy atom. The number of ether oxygens (including phenoxy) is 1. The molecule has 0 amide bonds. The van der Waals surface area contributed by atoms with Crippen molar-refractivity contribution in [3.8, 4) is 11.5 Å². The normalized spacial score (nSPS) is 13.7. The Bertz CT molecular complexity index is 1810. The Hall–Kier alpha value is -2.42. The molecule has 0 N–H and O–H groups in total. The quantitative estimate of drug-likeness (QED) is 0.140. The molecule has 53 heavy (non-hydrogen) atoms. The number of aryl methyl sites for hydroxylation is 6. The number of hydrogen-bond acceptors (Lipinski definition) is 1. The number of nitrogens with zero attached hydrogens (tertiary/aromatic N) is 2. The van der Waals surface area contributed by atoms with E-state index in [4.69, 9.17) is 14.7 Å². The zero-order valence-electron chi connectivity index (χ0n) is 36.9. The van der Waals surface area contributed by atoms with Gasteiger partial charge in [0.05, 0.1) is 0 Å². The molecular formula is C47H68HfN2OSi2. The van der Waals surface area contributed by atoms with Gasteiger partial charge in [-0.1, -0.05) is 163 Å². The number of benzene rings is 4. The van der Waals surface area contributed by atoms with E-state index in [2.05, 4.69) is 172 Å². The number of hydrogen-bond donors (Lipinski definition) is 0. The summed E-state index contributed by atoms with van der Waals surface area (Å²) in [6.07, 6.45) is 0. The molecule has 0 atom stereocenters. The minimum Gasteiger partial charge on any atom is -0.683 e. The summed E-state index contributed by atoms with van der Waals surface area (Å²) in [7, 11) is -4.94. The Kier molecular flexibility index (Phi) is 13.8. The van der Waals surface area contributed by atoms with E-state index < -0.39 is 16.5 Å². The monoisotopic (exact) mass is 912 g/mol. The molecule has 3 nitrogen and oxygen atoms in total. The first-order valence-electron chi connectivity index (χ1n) is 18.4. The topological polar surface area (TPSA) is 37.4 Å². The smallest absolute Gasteiger partial charge is 0.683 e. The van der Waals surface area contributed by atoms with Crippen molar-refractivity contribution in [2.24, 2.45) is 0 Å². The molecule has 0 fully saturated rings. The summed E-state index contributed by atoms with van der Waals surface area (Å²) in [5, 5.41) is 2.54. The molecule has 0 spiro atoms. The fourth-order valence-corrected chi connectivity index (χ4v) is 12.4. The Morgan fingerprint density at radius 3 is 1.06 bits per heavy atom. The summed E-state index contributed by atoms with van der Waals surface area (Å²) in [4.78, 5) is 11.4. The predicted molar refractivity (Wildman–Crippen MR) is 237 cm³/mol. The third-order valence-corrected chi connectivity index (χ3v) is 15.8.